The number of anilines is 2. The lowest BCUT2D eigenvalue weighted by Gasteiger charge is -2.19. The molecular weight excluding hydrogens is 198 g/mol. The number of hydrogen-bond donors (Lipinski definition) is 1. The highest BCUT2D eigenvalue weighted by atomic mass is 15.1. The molecule has 1 aromatic heterocycles. The fraction of sp³-hybridized carbons (Fsp3) is 0.615. The van der Waals surface area contributed by atoms with Crippen molar-refractivity contribution in [2.45, 2.75) is 32.2 Å². The van der Waals surface area contributed by atoms with Crippen LogP contribution in [0, 0.1) is 5.92 Å². The maximum Gasteiger partial charge on any atom is 0.128 e. The predicted octanol–water partition coefficient (Wildman–Crippen LogP) is 2.75. The standard InChI is InChI=1S/C13H21N3/c1-10-5-4-6-12(10)15-11-7-8-13(14-9-11)16(2)3/h7-10,12,15H,4-6H2,1-3H3. The van der Waals surface area contributed by atoms with Crippen LogP contribution in [0.3, 0.4) is 0 Å². The average Bonchev–Trinajstić information content (AvgIpc) is 2.65. The van der Waals surface area contributed by atoms with Crippen LogP contribution in [0.15, 0.2) is 18.3 Å². The normalized spacial score (nSPS) is 24.4. The minimum absolute atomic E-state index is 0.631. The zero-order valence-electron chi connectivity index (χ0n) is 10.4. The van der Waals surface area contributed by atoms with E-state index in [0.717, 1.165) is 17.4 Å². The van der Waals surface area contributed by atoms with Gasteiger partial charge in [0.2, 0.25) is 0 Å². The van der Waals surface area contributed by atoms with Crippen LogP contribution in [0.5, 0.6) is 0 Å². The summed E-state index contributed by atoms with van der Waals surface area (Å²) >= 11 is 0. The van der Waals surface area contributed by atoms with Gasteiger partial charge in [0.15, 0.2) is 0 Å². The monoisotopic (exact) mass is 219 g/mol. The van der Waals surface area contributed by atoms with Gasteiger partial charge in [0.05, 0.1) is 11.9 Å². The summed E-state index contributed by atoms with van der Waals surface area (Å²) in [5, 5.41) is 3.58. The summed E-state index contributed by atoms with van der Waals surface area (Å²) < 4.78 is 0. The first kappa shape index (κ1) is 11.2. The van der Waals surface area contributed by atoms with Gasteiger partial charge < -0.3 is 10.2 Å². The summed E-state index contributed by atoms with van der Waals surface area (Å²) in [4.78, 5) is 6.42. The van der Waals surface area contributed by atoms with E-state index in [4.69, 9.17) is 0 Å². The Balaban J connectivity index is 1.99. The third-order valence-corrected chi connectivity index (χ3v) is 3.42. The molecule has 16 heavy (non-hydrogen) atoms. The molecule has 0 radical (unpaired) electrons. The highest BCUT2D eigenvalue weighted by molar-refractivity contribution is 5.48. The van der Waals surface area contributed by atoms with Gasteiger partial charge in [0.1, 0.15) is 5.82 Å². The molecule has 1 aromatic rings. The van der Waals surface area contributed by atoms with Gasteiger partial charge >= 0.3 is 0 Å². The Kier molecular flexibility index (Phi) is 3.32. The second kappa shape index (κ2) is 4.73. The highest BCUT2D eigenvalue weighted by Gasteiger charge is 2.22. The second-order valence-corrected chi connectivity index (χ2v) is 4.96. The van der Waals surface area contributed by atoms with Crippen molar-refractivity contribution < 1.29 is 0 Å². The molecule has 1 heterocycles. The second-order valence-electron chi connectivity index (χ2n) is 4.96. The van der Waals surface area contributed by atoms with Crippen molar-refractivity contribution in [2.24, 2.45) is 5.92 Å². The summed E-state index contributed by atoms with van der Waals surface area (Å²) in [6.45, 7) is 2.33. The Labute approximate surface area is 97.9 Å². The van der Waals surface area contributed by atoms with Gasteiger partial charge in [0, 0.05) is 20.1 Å². The minimum Gasteiger partial charge on any atom is -0.381 e. The van der Waals surface area contributed by atoms with E-state index in [2.05, 4.69) is 29.4 Å². The van der Waals surface area contributed by atoms with E-state index in [1.165, 1.54) is 19.3 Å². The van der Waals surface area contributed by atoms with Crippen LogP contribution in [-0.2, 0) is 0 Å². The number of rotatable bonds is 3. The molecular formula is C13H21N3. The zero-order valence-corrected chi connectivity index (χ0v) is 10.4. The van der Waals surface area contributed by atoms with E-state index < -0.39 is 0 Å². The first-order valence-electron chi connectivity index (χ1n) is 6.07. The Morgan fingerprint density at radius 2 is 2.12 bits per heavy atom. The predicted molar refractivity (Wildman–Crippen MR) is 69.0 cm³/mol. The van der Waals surface area contributed by atoms with Gasteiger partial charge in [-0.1, -0.05) is 13.3 Å². The van der Waals surface area contributed by atoms with Crippen molar-refractivity contribution >= 4 is 11.5 Å². The van der Waals surface area contributed by atoms with Crippen LogP contribution >= 0.6 is 0 Å². The van der Waals surface area contributed by atoms with Crippen molar-refractivity contribution in [2.75, 3.05) is 24.3 Å². The molecule has 2 rings (SSSR count). The first-order valence-corrected chi connectivity index (χ1v) is 6.07. The molecule has 0 aliphatic heterocycles. The van der Waals surface area contributed by atoms with Gasteiger partial charge in [-0.05, 0) is 30.9 Å². The fourth-order valence-electron chi connectivity index (χ4n) is 2.31. The van der Waals surface area contributed by atoms with Crippen LogP contribution in [0.25, 0.3) is 0 Å². The van der Waals surface area contributed by atoms with Gasteiger partial charge in [-0.2, -0.15) is 0 Å². The Morgan fingerprint density at radius 3 is 2.62 bits per heavy atom. The van der Waals surface area contributed by atoms with Gasteiger partial charge in [0.25, 0.3) is 0 Å². The number of hydrogen-bond acceptors (Lipinski definition) is 3. The maximum atomic E-state index is 4.41. The van der Waals surface area contributed by atoms with Crippen LogP contribution in [-0.4, -0.2) is 25.1 Å². The van der Waals surface area contributed by atoms with Gasteiger partial charge in [-0.25, -0.2) is 4.98 Å². The molecule has 1 N–H and O–H groups in total. The lowest BCUT2D eigenvalue weighted by Crippen LogP contribution is -2.22. The Bertz CT molecular complexity index is 332. The van der Waals surface area contributed by atoms with E-state index in [1.807, 2.05) is 25.2 Å². The zero-order chi connectivity index (χ0) is 11.5. The van der Waals surface area contributed by atoms with E-state index >= 15 is 0 Å². The molecule has 0 spiro atoms. The largest absolute Gasteiger partial charge is 0.381 e. The third kappa shape index (κ3) is 2.46. The molecule has 0 saturated heterocycles. The molecule has 88 valence electrons. The molecule has 0 bridgehead atoms. The average molecular weight is 219 g/mol. The highest BCUT2D eigenvalue weighted by Crippen LogP contribution is 2.27. The first-order chi connectivity index (χ1) is 7.66. The van der Waals surface area contributed by atoms with Crippen molar-refractivity contribution in [3.8, 4) is 0 Å². The molecule has 2 atom stereocenters. The maximum absolute atomic E-state index is 4.41. The molecule has 1 saturated carbocycles. The molecule has 1 fully saturated rings. The van der Waals surface area contributed by atoms with E-state index in [9.17, 15) is 0 Å². The van der Waals surface area contributed by atoms with E-state index in [-0.39, 0.29) is 0 Å². The number of nitrogens with one attached hydrogen (secondary N) is 1. The van der Waals surface area contributed by atoms with Gasteiger partial charge in [-0.15, -0.1) is 0 Å². The van der Waals surface area contributed by atoms with Crippen molar-refractivity contribution in [3.05, 3.63) is 18.3 Å². The van der Waals surface area contributed by atoms with E-state index in [1.54, 1.807) is 0 Å². The topological polar surface area (TPSA) is 28.2 Å². The number of nitrogens with zero attached hydrogens (tertiary/aromatic N) is 2. The molecule has 3 nitrogen and oxygen atoms in total. The summed E-state index contributed by atoms with van der Waals surface area (Å²) in [6, 6.07) is 4.81. The smallest absolute Gasteiger partial charge is 0.128 e. The molecule has 0 aromatic carbocycles. The van der Waals surface area contributed by atoms with Gasteiger partial charge in [-0.3, -0.25) is 0 Å². The summed E-state index contributed by atoms with van der Waals surface area (Å²) in [6.07, 6.45) is 5.92. The summed E-state index contributed by atoms with van der Waals surface area (Å²) in [7, 11) is 4.02. The summed E-state index contributed by atoms with van der Waals surface area (Å²) in [5.41, 5.74) is 1.14. The van der Waals surface area contributed by atoms with Crippen molar-refractivity contribution in [1.82, 2.24) is 4.98 Å². The van der Waals surface area contributed by atoms with Crippen molar-refractivity contribution in [3.63, 3.8) is 0 Å². The molecule has 3 heteroatoms. The fourth-order valence-corrected chi connectivity index (χ4v) is 2.31. The SMILES string of the molecule is CC1CCCC1Nc1ccc(N(C)C)nc1. The van der Waals surface area contributed by atoms with E-state index in [0.29, 0.717) is 6.04 Å². The third-order valence-electron chi connectivity index (χ3n) is 3.42. The van der Waals surface area contributed by atoms with Crippen LogP contribution in [0.1, 0.15) is 26.2 Å². The molecule has 1 aliphatic rings. The van der Waals surface area contributed by atoms with Crippen molar-refractivity contribution in [1.29, 1.82) is 0 Å². The van der Waals surface area contributed by atoms with Crippen LogP contribution in [0.4, 0.5) is 11.5 Å². The molecule has 1 aliphatic carbocycles. The lowest BCUT2D eigenvalue weighted by molar-refractivity contribution is 0.556. The lowest BCUT2D eigenvalue weighted by atomic mass is 10.1. The molecule has 2 unspecified atom stereocenters. The minimum atomic E-state index is 0.631. The molecule has 0 amide bonds. The number of aromatic nitrogens is 1. The summed E-state index contributed by atoms with van der Waals surface area (Å²) in [5.74, 6) is 1.79. The van der Waals surface area contributed by atoms with Crippen LogP contribution in [0.2, 0.25) is 0 Å². The quantitative estimate of drug-likeness (QED) is 0.847. The van der Waals surface area contributed by atoms with Crippen LogP contribution < -0.4 is 10.2 Å². The Morgan fingerprint density at radius 1 is 1.31 bits per heavy atom. The Hall–Kier alpha value is -1.25. The number of pyridine rings is 1.